The van der Waals surface area contributed by atoms with Crippen LogP contribution < -0.4 is 4.80 Å². The highest BCUT2D eigenvalue weighted by Gasteiger charge is 2.01. The molecule has 1 aromatic carbocycles. The second kappa shape index (κ2) is 5.45. The van der Waals surface area contributed by atoms with Crippen LogP contribution in [0.25, 0.3) is 5.69 Å². The van der Waals surface area contributed by atoms with E-state index in [-0.39, 0.29) is 0 Å². The van der Waals surface area contributed by atoms with Crippen LogP contribution in [0.5, 0.6) is 0 Å². The molecule has 5 heteroatoms. The van der Waals surface area contributed by atoms with E-state index in [0.717, 1.165) is 5.69 Å². The molecule has 2 rings (SSSR count). The largest absolute Gasteiger partial charge is 0.448 e. The topological polar surface area (TPSA) is 43.6 Å². The summed E-state index contributed by atoms with van der Waals surface area (Å²) in [7, 11) is 0. The van der Waals surface area contributed by atoms with E-state index in [4.69, 9.17) is 4.74 Å². The second-order valence-corrected chi connectivity index (χ2v) is 4.07. The van der Waals surface area contributed by atoms with Gasteiger partial charge < -0.3 is 4.74 Å². The molecule has 0 unspecified atom stereocenters. The molecule has 1 amide bonds. The number of hydrogen-bond donors (Lipinski definition) is 0. The lowest BCUT2D eigenvalue weighted by molar-refractivity contribution is 0.162. The third-order valence-electron chi connectivity index (χ3n) is 2.08. The van der Waals surface area contributed by atoms with E-state index < -0.39 is 6.09 Å². The highest BCUT2D eigenvalue weighted by atomic mass is 32.1. The zero-order chi connectivity index (χ0) is 12.1. The number of aromatic nitrogens is 1. The van der Waals surface area contributed by atoms with Gasteiger partial charge in [-0.3, -0.25) is 4.57 Å². The van der Waals surface area contributed by atoms with Gasteiger partial charge in [0.1, 0.15) is 0 Å². The van der Waals surface area contributed by atoms with Crippen molar-refractivity contribution in [3.63, 3.8) is 0 Å². The monoisotopic (exact) mass is 248 g/mol. The number of benzene rings is 1. The van der Waals surface area contributed by atoms with Gasteiger partial charge in [0.2, 0.25) is 4.80 Å². The first kappa shape index (κ1) is 11.6. The number of nitrogens with zero attached hydrogens (tertiary/aromatic N) is 2. The molecular weight excluding hydrogens is 236 g/mol. The number of carbonyl (C=O) groups is 1. The molecule has 4 nitrogen and oxygen atoms in total. The molecule has 0 saturated heterocycles. The minimum atomic E-state index is -0.556. The molecule has 2 aromatic rings. The molecular formula is C12H12N2O2S. The average Bonchev–Trinajstić information content (AvgIpc) is 2.78. The lowest BCUT2D eigenvalue weighted by atomic mass is 10.3. The zero-order valence-corrected chi connectivity index (χ0v) is 10.2. The Morgan fingerprint density at radius 1 is 1.41 bits per heavy atom. The van der Waals surface area contributed by atoms with Crippen molar-refractivity contribution in [2.24, 2.45) is 4.99 Å². The van der Waals surface area contributed by atoms with Gasteiger partial charge in [0.15, 0.2) is 0 Å². The van der Waals surface area contributed by atoms with Gasteiger partial charge in [-0.25, -0.2) is 4.79 Å². The van der Waals surface area contributed by atoms with Crippen molar-refractivity contribution in [3.8, 4) is 5.69 Å². The number of ether oxygens (including phenoxy) is 1. The molecule has 0 fully saturated rings. The zero-order valence-electron chi connectivity index (χ0n) is 9.37. The van der Waals surface area contributed by atoms with Crippen LogP contribution in [-0.4, -0.2) is 17.3 Å². The lowest BCUT2D eigenvalue weighted by Crippen LogP contribution is -2.14. The van der Waals surface area contributed by atoms with Gasteiger partial charge in [-0.1, -0.05) is 18.2 Å². The van der Waals surface area contributed by atoms with E-state index >= 15 is 0 Å². The Hall–Kier alpha value is -1.88. The maximum atomic E-state index is 11.3. The van der Waals surface area contributed by atoms with Crippen LogP contribution in [0.3, 0.4) is 0 Å². The summed E-state index contributed by atoms with van der Waals surface area (Å²) in [6.07, 6.45) is 1.32. The normalized spacial score (nSPS) is 11.5. The van der Waals surface area contributed by atoms with Gasteiger partial charge >= 0.3 is 6.09 Å². The maximum absolute atomic E-state index is 11.3. The molecule has 0 radical (unpaired) electrons. The quantitative estimate of drug-likeness (QED) is 0.820. The third kappa shape index (κ3) is 2.82. The molecule has 0 N–H and O–H groups in total. The first-order valence-electron chi connectivity index (χ1n) is 5.24. The number of hydrogen-bond acceptors (Lipinski definition) is 3. The number of rotatable bonds is 2. The van der Waals surface area contributed by atoms with Crippen LogP contribution in [-0.2, 0) is 4.74 Å². The van der Waals surface area contributed by atoms with Gasteiger partial charge in [-0.15, -0.1) is 16.3 Å². The van der Waals surface area contributed by atoms with E-state index in [9.17, 15) is 4.79 Å². The molecule has 0 atom stereocenters. The van der Waals surface area contributed by atoms with E-state index in [1.54, 1.807) is 6.92 Å². The number of para-hydroxylation sites is 1. The van der Waals surface area contributed by atoms with Gasteiger partial charge in [-0.05, 0) is 19.1 Å². The van der Waals surface area contributed by atoms with Crippen LogP contribution in [0.15, 0.2) is 46.9 Å². The van der Waals surface area contributed by atoms with Crippen LogP contribution in [0.4, 0.5) is 4.79 Å². The van der Waals surface area contributed by atoms with Gasteiger partial charge in [0, 0.05) is 17.3 Å². The first-order valence-corrected chi connectivity index (χ1v) is 6.12. The summed E-state index contributed by atoms with van der Waals surface area (Å²) in [6, 6.07) is 9.73. The SMILES string of the molecule is CCOC(=O)/N=c1\sccn1-c1ccccc1. The van der Waals surface area contributed by atoms with Crippen molar-refractivity contribution >= 4 is 17.4 Å². The predicted molar refractivity (Wildman–Crippen MR) is 66.2 cm³/mol. The Morgan fingerprint density at radius 3 is 2.88 bits per heavy atom. The summed E-state index contributed by atoms with van der Waals surface area (Å²) in [5.41, 5.74) is 0.969. The Morgan fingerprint density at radius 2 is 2.18 bits per heavy atom. The van der Waals surface area contributed by atoms with Crippen LogP contribution in [0.1, 0.15) is 6.92 Å². The van der Waals surface area contributed by atoms with Crippen molar-refractivity contribution < 1.29 is 9.53 Å². The fraction of sp³-hybridized carbons (Fsp3) is 0.167. The fourth-order valence-corrected chi connectivity index (χ4v) is 2.08. The van der Waals surface area contributed by atoms with E-state index in [1.807, 2.05) is 46.5 Å². The molecule has 1 heterocycles. The summed E-state index contributed by atoms with van der Waals surface area (Å²) in [4.78, 5) is 15.8. The summed E-state index contributed by atoms with van der Waals surface area (Å²) in [5.74, 6) is 0. The summed E-state index contributed by atoms with van der Waals surface area (Å²) in [6.45, 7) is 2.09. The average molecular weight is 248 g/mol. The molecule has 1 aromatic heterocycles. The second-order valence-electron chi connectivity index (χ2n) is 3.20. The molecule has 0 saturated carbocycles. The van der Waals surface area contributed by atoms with Gasteiger partial charge in [0.25, 0.3) is 0 Å². The number of amides is 1. The van der Waals surface area contributed by atoms with Crippen LogP contribution in [0, 0.1) is 0 Å². The third-order valence-corrected chi connectivity index (χ3v) is 2.84. The summed E-state index contributed by atoms with van der Waals surface area (Å²) >= 11 is 1.39. The highest BCUT2D eigenvalue weighted by Crippen LogP contribution is 2.05. The first-order chi connectivity index (χ1) is 8.31. The number of thiazole rings is 1. The van der Waals surface area contributed by atoms with Crippen molar-refractivity contribution in [2.75, 3.05) is 6.61 Å². The standard InChI is InChI=1S/C12H12N2O2S/c1-2-16-12(15)13-11-14(8-9-17-11)10-6-4-3-5-7-10/h3-9H,2H2,1H3/b13-11-. The number of carbonyl (C=O) groups excluding carboxylic acids is 1. The highest BCUT2D eigenvalue weighted by molar-refractivity contribution is 7.07. The summed E-state index contributed by atoms with van der Waals surface area (Å²) < 4.78 is 6.64. The Balaban J connectivity index is 2.39. The smallest absolute Gasteiger partial charge is 0.436 e. The van der Waals surface area contributed by atoms with E-state index in [1.165, 1.54) is 11.3 Å². The van der Waals surface area contributed by atoms with E-state index in [2.05, 4.69) is 4.99 Å². The molecule has 0 aliphatic rings. The molecule has 0 aliphatic heterocycles. The molecule has 88 valence electrons. The predicted octanol–water partition coefficient (Wildman–Crippen LogP) is 2.60. The summed E-state index contributed by atoms with van der Waals surface area (Å²) in [5, 5.41) is 1.88. The van der Waals surface area contributed by atoms with Crippen molar-refractivity contribution in [1.82, 2.24) is 4.57 Å². The Kier molecular flexibility index (Phi) is 3.72. The van der Waals surface area contributed by atoms with Gasteiger partial charge in [-0.2, -0.15) is 0 Å². The maximum Gasteiger partial charge on any atom is 0.436 e. The van der Waals surface area contributed by atoms with Crippen molar-refractivity contribution in [3.05, 3.63) is 46.7 Å². The Labute approximate surface area is 103 Å². The molecule has 0 aliphatic carbocycles. The van der Waals surface area contributed by atoms with E-state index in [0.29, 0.717) is 11.4 Å². The minimum Gasteiger partial charge on any atom is -0.448 e. The lowest BCUT2D eigenvalue weighted by Gasteiger charge is -2.01. The molecule has 0 spiro atoms. The van der Waals surface area contributed by atoms with Crippen molar-refractivity contribution in [1.29, 1.82) is 0 Å². The van der Waals surface area contributed by atoms with Crippen molar-refractivity contribution in [2.45, 2.75) is 6.92 Å². The minimum absolute atomic E-state index is 0.332. The van der Waals surface area contributed by atoms with Crippen LogP contribution >= 0.6 is 11.3 Å². The fourth-order valence-electron chi connectivity index (χ4n) is 1.37. The molecule has 17 heavy (non-hydrogen) atoms. The Bertz CT molecular complexity index is 557. The van der Waals surface area contributed by atoms with Gasteiger partial charge in [0.05, 0.1) is 6.61 Å². The van der Waals surface area contributed by atoms with Crippen LogP contribution in [0.2, 0.25) is 0 Å². The molecule has 0 bridgehead atoms.